The first-order chi connectivity index (χ1) is 13.6. The van der Waals surface area contributed by atoms with E-state index in [0.29, 0.717) is 23.7 Å². The number of carbonyl (C=O) groups excluding carboxylic acids is 2. The van der Waals surface area contributed by atoms with E-state index < -0.39 is 6.10 Å². The SMILES string of the molecule is CC1Oc2cc(NC(=O)c3ccco3)ccc2N(CCc2ccccc2)C1=O. The normalized spacial score (nSPS) is 15.7. The largest absolute Gasteiger partial charge is 0.479 e. The molecule has 2 heterocycles. The molecule has 4 rings (SSSR count). The molecular weight excluding hydrogens is 356 g/mol. The fourth-order valence-electron chi connectivity index (χ4n) is 3.20. The van der Waals surface area contributed by atoms with Gasteiger partial charge in [-0.15, -0.1) is 0 Å². The molecule has 1 aliphatic rings. The number of amides is 2. The highest BCUT2D eigenvalue weighted by molar-refractivity contribution is 6.03. The number of hydrogen-bond acceptors (Lipinski definition) is 4. The lowest BCUT2D eigenvalue weighted by Crippen LogP contribution is -2.45. The van der Waals surface area contributed by atoms with E-state index in [0.717, 1.165) is 6.42 Å². The molecule has 142 valence electrons. The first kappa shape index (κ1) is 17.9. The van der Waals surface area contributed by atoms with Gasteiger partial charge in [0.1, 0.15) is 5.75 Å². The number of fused-ring (bicyclic) bond motifs is 1. The van der Waals surface area contributed by atoms with Crippen LogP contribution in [0.1, 0.15) is 23.0 Å². The molecule has 1 atom stereocenters. The Hall–Kier alpha value is -3.54. The molecule has 0 saturated heterocycles. The minimum absolute atomic E-state index is 0.0733. The zero-order valence-corrected chi connectivity index (χ0v) is 15.4. The fourth-order valence-corrected chi connectivity index (χ4v) is 3.20. The van der Waals surface area contributed by atoms with Crippen molar-refractivity contribution in [2.45, 2.75) is 19.4 Å². The summed E-state index contributed by atoms with van der Waals surface area (Å²) in [7, 11) is 0. The van der Waals surface area contributed by atoms with Crippen LogP contribution in [0, 0.1) is 0 Å². The van der Waals surface area contributed by atoms with E-state index in [-0.39, 0.29) is 17.6 Å². The second-order valence-electron chi connectivity index (χ2n) is 6.60. The molecule has 6 nitrogen and oxygen atoms in total. The van der Waals surface area contributed by atoms with Crippen LogP contribution in [-0.2, 0) is 11.2 Å². The molecule has 0 aliphatic carbocycles. The highest BCUT2D eigenvalue weighted by atomic mass is 16.5. The van der Waals surface area contributed by atoms with E-state index in [2.05, 4.69) is 5.32 Å². The Bertz CT molecular complexity index is 983. The number of anilines is 2. The first-order valence-electron chi connectivity index (χ1n) is 9.12. The minimum atomic E-state index is -0.584. The van der Waals surface area contributed by atoms with Crippen molar-refractivity contribution in [1.82, 2.24) is 0 Å². The third kappa shape index (κ3) is 3.62. The molecule has 0 bridgehead atoms. The van der Waals surface area contributed by atoms with Crippen molar-refractivity contribution in [2.75, 3.05) is 16.8 Å². The molecule has 3 aromatic rings. The Kier molecular flexibility index (Phi) is 4.85. The molecule has 0 spiro atoms. The zero-order chi connectivity index (χ0) is 19.5. The Balaban J connectivity index is 1.54. The van der Waals surface area contributed by atoms with Gasteiger partial charge in [0.2, 0.25) is 0 Å². The van der Waals surface area contributed by atoms with Gasteiger partial charge in [-0.3, -0.25) is 9.59 Å². The predicted octanol–water partition coefficient (Wildman–Crippen LogP) is 3.89. The molecule has 1 aliphatic heterocycles. The van der Waals surface area contributed by atoms with Gasteiger partial charge in [-0.25, -0.2) is 0 Å². The highest BCUT2D eigenvalue weighted by Crippen LogP contribution is 2.36. The van der Waals surface area contributed by atoms with Crippen LogP contribution in [0.4, 0.5) is 11.4 Å². The average molecular weight is 376 g/mol. The van der Waals surface area contributed by atoms with Gasteiger partial charge in [-0.2, -0.15) is 0 Å². The van der Waals surface area contributed by atoms with Crippen molar-refractivity contribution in [2.24, 2.45) is 0 Å². The fraction of sp³-hybridized carbons (Fsp3) is 0.182. The highest BCUT2D eigenvalue weighted by Gasteiger charge is 2.31. The number of carbonyl (C=O) groups is 2. The van der Waals surface area contributed by atoms with E-state index in [4.69, 9.17) is 9.15 Å². The molecule has 0 saturated carbocycles. The number of ether oxygens (including phenoxy) is 1. The summed E-state index contributed by atoms with van der Waals surface area (Å²) in [5, 5.41) is 2.78. The van der Waals surface area contributed by atoms with Crippen LogP contribution in [0.25, 0.3) is 0 Å². The number of hydrogen-bond donors (Lipinski definition) is 1. The van der Waals surface area contributed by atoms with Crippen LogP contribution in [0.3, 0.4) is 0 Å². The zero-order valence-electron chi connectivity index (χ0n) is 15.4. The summed E-state index contributed by atoms with van der Waals surface area (Å²) in [6, 6.07) is 18.6. The summed E-state index contributed by atoms with van der Waals surface area (Å²) in [5.74, 6) is 0.380. The first-order valence-corrected chi connectivity index (χ1v) is 9.12. The molecule has 1 N–H and O–H groups in total. The van der Waals surface area contributed by atoms with Gasteiger partial charge >= 0.3 is 0 Å². The predicted molar refractivity (Wildman–Crippen MR) is 106 cm³/mol. The number of nitrogens with zero attached hydrogens (tertiary/aromatic N) is 1. The van der Waals surface area contributed by atoms with E-state index >= 15 is 0 Å². The Morgan fingerprint density at radius 3 is 2.68 bits per heavy atom. The summed E-state index contributed by atoms with van der Waals surface area (Å²) in [5.41, 5.74) is 2.44. The molecule has 28 heavy (non-hydrogen) atoms. The van der Waals surface area contributed by atoms with E-state index in [1.165, 1.54) is 11.8 Å². The molecular formula is C22H20N2O4. The molecule has 1 unspecified atom stereocenters. The van der Waals surface area contributed by atoms with Gasteiger partial charge in [0, 0.05) is 18.3 Å². The third-order valence-electron chi connectivity index (χ3n) is 4.64. The van der Waals surface area contributed by atoms with Gasteiger partial charge < -0.3 is 19.4 Å². The van der Waals surface area contributed by atoms with Gasteiger partial charge in [0.25, 0.3) is 11.8 Å². The molecule has 1 aromatic heterocycles. The van der Waals surface area contributed by atoms with Gasteiger partial charge in [-0.1, -0.05) is 30.3 Å². The van der Waals surface area contributed by atoms with Crippen molar-refractivity contribution in [3.63, 3.8) is 0 Å². The number of furan rings is 1. The average Bonchev–Trinajstić information content (AvgIpc) is 3.24. The smallest absolute Gasteiger partial charge is 0.291 e. The van der Waals surface area contributed by atoms with Gasteiger partial charge in [-0.05, 0) is 43.2 Å². The van der Waals surface area contributed by atoms with Crippen LogP contribution in [0.15, 0.2) is 71.3 Å². The lowest BCUT2D eigenvalue weighted by molar-refractivity contribution is -0.125. The Morgan fingerprint density at radius 2 is 1.93 bits per heavy atom. The lowest BCUT2D eigenvalue weighted by atomic mass is 10.1. The maximum Gasteiger partial charge on any atom is 0.291 e. The second kappa shape index (κ2) is 7.60. The van der Waals surface area contributed by atoms with Crippen molar-refractivity contribution in [3.8, 4) is 5.75 Å². The van der Waals surface area contributed by atoms with Crippen LogP contribution in [-0.4, -0.2) is 24.5 Å². The number of rotatable bonds is 5. The monoisotopic (exact) mass is 376 g/mol. The molecule has 6 heteroatoms. The summed E-state index contributed by atoms with van der Waals surface area (Å²) in [6.45, 7) is 2.29. The summed E-state index contributed by atoms with van der Waals surface area (Å²) < 4.78 is 10.9. The summed E-state index contributed by atoms with van der Waals surface area (Å²) >= 11 is 0. The standard InChI is InChI=1S/C22H20N2O4/c1-15-22(26)24(12-11-16-6-3-2-4-7-16)18-10-9-17(14-20(18)28-15)23-21(25)19-8-5-13-27-19/h2-10,13-15H,11-12H2,1H3,(H,23,25). The van der Waals surface area contributed by atoms with Crippen LogP contribution < -0.4 is 15.0 Å². The maximum atomic E-state index is 12.6. The number of nitrogens with one attached hydrogen (secondary N) is 1. The number of benzene rings is 2. The van der Waals surface area contributed by atoms with Gasteiger partial charge in [0.15, 0.2) is 11.9 Å². The topological polar surface area (TPSA) is 71.8 Å². The van der Waals surface area contributed by atoms with Crippen molar-refractivity contribution >= 4 is 23.2 Å². The quantitative estimate of drug-likeness (QED) is 0.733. The van der Waals surface area contributed by atoms with Crippen molar-refractivity contribution in [3.05, 3.63) is 78.3 Å². The van der Waals surface area contributed by atoms with E-state index in [1.807, 2.05) is 30.3 Å². The minimum Gasteiger partial charge on any atom is -0.479 e. The second-order valence-corrected chi connectivity index (χ2v) is 6.60. The Morgan fingerprint density at radius 1 is 1.11 bits per heavy atom. The van der Waals surface area contributed by atoms with Gasteiger partial charge in [0.05, 0.1) is 12.0 Å². The van der Waals surface area contributed by atoms with Crippen LogP contribution >= 0.6 is 0 Å². The van der Waals surface area contributed by atoms with E-state index in [1.54, 1.807) is 42.2 Å². The molecule has 2 amide bonds. The Labute approximate surface area is 162 Å². The molecule has 2 aromatic carbocycles. The lowest BCUT2D eigenvalue weighted by Gasteiger charge is -2.33. The third-order valence-corrected chi connectivity index (χ3v) is 4.64. The van der Waals surface area contributed by atoms with Crippen molar-refractivity contribution < 1.29 is 18.7 Å². The van der Waals surface area contributed by atoms with E-state index in [9.17, 15) is 9.59 Å². The molecule has 0 fully saturated rings. The molecule has 0 radical (unpaired) electrons. The summed E-state index contributed by atoms with van der Waals surface area (Å²) in [4.78, 5) is 26.6. The summed E-state index contributed by atoms with van der Waals surface area (Å²) in [6.07, 6.45) is 1.61. The maximum absolute atomic E-state index is 12.6. The van der Waals surface area contributed by atoms with Crippen molar-refractivity contribution in [1.29, 1.82) is 0 Å². The van der Waals surface area contributed by atoms with Crippen LogP contribution in [0.2, 0.25) is 0 Å². The van der Waals surface area contributed by atoms with Crippen LogP contribution in [0.5, 0.6) is 5.75 Å².